The minimum atomic E-state index is -0.643. The maximum absolute atomic E-state index is 13.0. The standard InChI is InChI=1S/C26H27N3O3/c1-18-15-22(19(2)28(18)14-13-20-9-5-3-6-10-20)24(30)17-29-25(31)23(27-26(29)32)16-21-11-7-4-8-12-21/h3-12,15,23H,13-14,16-17H2,1-2H3,(H,27,32)/t23-/m0/s1. The summed E-state index contributed by atoms with van der Waals surface area (Å²) in [6.07, 6.45) is 1.27. The fraction of sp³-hybridized carbons (Fsp3) is 0.269. The summed E-state index contributed by atoms with van der Waals surface area (Å²) < 4.78 is 2.12. The normalized spacial score (nSPS) is 15.8. The van der Waals surface area contributed by atoms with E-state index >= 15 is 0 Å². The van der Waals surface area contributed by atoms with Crippen molar-refractivity contribution in [3.63, 3.8) is 0 Å². The molecule has 0 spiro atoms. The molecule has 32 heavy (non-hydrogen) atoms. The molecule has 1 atom stereocenters. The van der Waals surface area contributed by atoms with Crippen LogP contribution in [0.1, 0.15) is 32.9 Å². The van der Waals surface area contributed by atoms with E-state index in [-0.39, 0.29) is 18.2 Å². The maximum Gasteiger partial charge on any atom is 0.325 e. The van der Waals surface area contributed by atoms with Crippen molar-refractivity contribution in [2.45, 2.75) is 39.3 Å². The monoisotopic (exact) mass is 429 g/mol. The Kier molecular flexibility index (Phi) is 6.21. The lowest BCUT2D eigenvalue weighted by molar-refractivity contribution is -0.127. The van der Waals surface area contributed by atoms with Crippen LogP contribution in [0.2, 0.25) is 0 Å². The van der Waals surface area contributed by atoms with Crippen LogP contribution in [0.3, 0.4) is 0 Å². The molecule has 1 saturated heterocycles. The summed E-state index contributed by atoms with van der Waals surface area (Å²) in [4.78, 5) is 39.3. The summed E-state index contributed by atoms with van der Waals surface area (Å²) in [5, 5.41) is 2.71. The highest BCUT2D eigenvalue weighted by Crippen LogP contribution is 2.19. The van der Waals surface area contributed by atoms with Gasteiger partial charge in [0, 0.05) is 29.9 Å². The number of hydrogen-bond donors (Lipinski definition) is 1. The van der Waals surface area contributed by atoms with E-state index in [1.807, 2.05) is 68.4 Å². The quantitative estimate of drug-likeness (QED) is 0.438. The number of carbonyl (C=O) groups is 3. The van der Waals surface area contributed by atoms with E-state index in [4.69, 9.17) is 0 Å². The van der Waals surface area contributed by atoms with Gasteiger partial charge >= 0.3 is 6.03 Å². The summed E-state index contributed by atoms with van der Waals surface area (Å²) in [5.74, 6) is -0.585. The van der Waals surface area contributed by atoms with Crippen molar-refractivity contribution >= 4 is 17.7 Å². The van der Waals surface area contributed by atoms with Gasteiger partial charge in [-0.05, 0) is 37.5 Å². The number of amides is 3. The molecule has 0 saturated carbocycles. The molecule has 1 aliphatic rings. The number of nitrogens with one attached hydrogen (secondary N) is 1. The lowest BCUT2D eigenvalue weighted by Crippen LogP contribution is -2.36. The molecule has 0 bridgehead atoms. The van der Waals surface area contributed by atoms with E-state index in [1.54, 1.807) is 0 Å². The summed E-state index contributed by atoms with van der Waals surface area (Å²) in [6.45, 7) is 4.39. The predicted octanol–water partition coefficient (Wildman–Crippen LogP) is 3.69. The van der Waals surface area contributed by atoms with Gasteiger partial charge < -0.3 is 9.88 Å². The number of benzene rings is 2. The van der Waals surface area contributed by atoms with Crippen molar-refractivity contribution in [3.8, 4) is 0 Å². The molecule has 2 aromatic carbocycles. The molecule has 2 heterocycles. The first-order chi connectivity index (χ1) is 15.4. The van der Waals surface area contributed by atoms with Crippen LogP contribution >= 0.6 is 0 Å². The van der Waals surface area contributed by atoms with E-state index < -0.39 is 12.1 Å². The van der Waals surface area contributed by atoms with Gasteiger partial charge in [0.05, 0.1) is 6.54 Å². The zero-order valence-electron chi connectivity index (χ0n) is 18.4. The van der Waals surface area contributed by atoms with Gasteiger partial charge in [-0.15, -0.1) is 0 Å². The summed E-state index contributed by atoms with van der Waals surface area (Å²) >= 11 is 0. The Balaban J connectivity index is 1.43. The molecule has 1 aromatic heterocycles. The highest BCUT2D eigenvalue weighted by Gasteiger charge is 2.39. The van der Waals surface area contributed by atoms with Gasteiger partial charge in [-0.25, -0.2) is 4.79 Å². The molecule has 6 nitrogen and oxygen atoms in total. The van der Waals surface area contributed by atoms with Crippen molar-refractivity contribution < 1.29 is 14.4 Å². The Morgan fingerprint density at radius 2 is 1.56 bits per heavy atom. The minimum Gasteiger partial charge on any atom is -0.348 e. The zero-order valence-corrected chi connectivity index (χ0v) is 18.4. The van der Waals surface area contributed by atoms with Gasteiger partial charge in [-0.3, -0.25) is 14.5 Å². The van der Waals surface area contributed by atoms with Gasteiger partial charge in [0.25, 0.3) is 5.91 Å². The Morgan fingerprint density at radius 1 is 0.938 bits per heavy atom. The van der Waals surface area contributed by atoms with Crippen molar-refractivity contribution in [2.24, 2.45) is 0 Å². The molecule has 6 heteroatoms. The first-order valence-corrected chi connectivity index (χ1v) is 10.8. The number of rotatable bonds is 8. The molecule has 3 amide bonds. The summed E-state index contributed by atoms with van der Waals surface area (Å²) in [7, 11) is 0. The third kappa shape index (κ3) is 4.49. The van der Waals surface area contributed by atoms with Crippen LogP contribution in [0.15, 0.2) is 66.7 Å². The fourth-order valence-corrected chi connectivity index (χ4v) is 4.26. The number of hydrogen-bond acceptors (Lipinski definition) is 3. The second-order valence-corrected chi connectivity index (χ2v) is 8.21. The number of aromatic nitrogens is 1. The lowest BCUT2D eigenvalue weighted by Gasteiger charge is -2.13. The van der Waals surface area contributed by atoms with Crippen LogP contribution in [0.25, 0.3) is 0 Å². The smallest absolute Gasteiger partial charge is 0.325 e. The minimum absolute atomic E-state index is 0.229. The van der Waals surface area contributed by atoms with Crippen LogP contribution < -0.4 is 5.32 Å². The molecule has 1 aliphatic heterocycles. The molecule has 3 aromatic rings. The van der Waals surface area contributed by atoms with Gasteiger partial charge in [0.15, 0.2) is 5.78 Å². The average molecular weight is 430 g/mol. The number of urea groups is 1. The number of carbonyl (C=O) groups excluding carboxylic acids is 3. The van der Waals surface area contributed by atoms with Crippen molar-refractivity contribution in [2.75, 3.05) is 6.54 Å². The van der Waals surface area contributed by atoms with Crippen LogP contribution in [0.4, 0.5) is 4.79 Å². The van der Waals surface area contributed by atoms with Crippen molar-refractivity contribution in [3.05, 3.63) is 94.8 Å². The highest BCUT2D eigenvalue weighted by atomic mass is 16.2. The number of nitrogens with zero attached hydrogens (tertiary/aromatic N) is 2. The number of Topliss-reactive ketones (excluding diaryl/α,β-unsaturated/α-hetero) is 1. The first kappa shape index (κ1) is 21.6. The maximum atomic E-state index is 13.0. The Hall–Kier alpha value is -3.67. The summed E-state index contributed by atoms with van der Waals surface area (Å²) in [5.41, 5.74) is 4.60. The van der Waals surface area contributed by atoms with Gasteiger partial charge in [-0.1, -0.05) is 60.7 Å². The van der Waals surface area contributed by atoms with E-state index in [0.717, 1.165) is 34.8 Å². The second kappa shape index (κ2) is 9.22. The number of ketones is 1. The van der Waals surface area contributed by atoms with E-state index in [0.29, 0.717) is 12.0 Å². The molecule has 1 fully saturated rings. The molecule has 4 rings (SSSR count). The van der Waals surface area contributed by atoms with E-state index in [9.17, 15) is 14.4 Å². The first-order valence-electron chi connectivity index (χ1n) is 10.8. The summed E-state index contributed by atoms with van der Waals surface area (Å²) in [6, 6.07) is 20.4. The SMILES string of the molecule is Cc1cc(C(=O)CN2C(=O)N[C@@H](Cc3ccccc3)C2=O)c(C)n1CCc1ccccc1. The van der Waals surface area contributed by atoms with Crippen LogP contribution in [0.5, 0.6) is 0 Å². The zero-order chi connectivity index (χ0) is 22.7. The second-order valence-electron chi connectivity index (χ2n) is 8.21. The largest absolute Gasteiger partial charge is 0.348 e. The van der Waals surface area contributed by atoms with Crippen LogP contribution in [-0.4, -0.2) is 39.8 Å². The number of aryl methyl sites for hydroxylation is 2. The highest BCUT2D eigenvalue weighted by molar-refractivity contribution is 6.09. The van der Waals surface area contributed by atoms with Gasteiger partial charge in [0.1, 0.15) is 6.04 Å². The molecule has 164 valence electrons. The molecule has 0 radical (unpaired) electrons. The molecular formula is C26H27N3O3. The van der Waals surface area contributed by atoms with Crippen LogP contribution in [0, 0.1) is 13.8 Å². The molecule has 0 aliphatic carbocycles. The predicted molar refractivity (Wildman–Crippen MR) is 123 cm³/mol. The fourth-order valence-electron chi connectivity index (χ4n) is 4.26. The Morgan fingerprint density at radius 3 is 2.22 bits per heavy atom. The van der Waals surface area contributed by atoms with Crippen molar-refractivity contribution in [1.29, 1.82) is 0 Å². The Bertz CT molecular complexity index is 1140. The van der Waals surface area contributed by atoms with Gasteiger partial charge in [0.2, 0.25) is 0 Å². The molecule has 1 N–H and O–H groups in total. The lowest BCUT2D eigenvalue weighted by atomic mass is 10.1. The van der Waals surface area contributed by atoms with Crippen LogP contribution in [-0.2, 0) is 24.2 Å². The average Bonchev–Trinajstić information content (AvgIpc) is 3.23. The number of imide groups is 1. The van der Waals surface area contributed by atoms with Crippen molar-refractivity contribution in [1.82, 2.24) is 14.8 Å². The topological polar surface area (TPSA) is 71.4 Å². The molecule has 0 unspecified atom stereocenters. The van der Waals surface area contributed by atoms with Gasteiger partial charge in [-0.2, -0.15) is 0 Å². The van der Waals surface area contributed by atoms with E-state index in [1.165, 1.54) is 5.56 Å². The third-order valence-electron chi connectivity index (χ3n) is 6.03. The third-order valence-corrected chi connectivity index (χ3v) is 6.03. The molecular weight excluding hydrogens is 402 g/mol. The Labute approximate surface area is 187 Å². The van der Waals surface area contributed by atoms with E-state index in [2.05, 4.69) is 22.0 Å².